The molecule has 0 heterocycles. The second kappa shape index (κ2) is 6.02. The van der Waals surface area contributed by atoms with Gasteiger partial charge in [-0.15, -0.1) is 0 Å². The fraction of sp³-hybridized carbons (Fsp3) is 0.182. The summed E-state index contributed by atoms with van der Waals surface area (Å²) in [6.07, 6.45) is 0. The SMILES string of the molecule is Cc1ccc(C(O)(c2cccc(C)c2)c2cccc(C)c2)cc1. The number of hydrogen-bond donors (Lipinski definition) is 1. The van der Waals surface area contributed by atoms with Crippen molar-refractivity contribution in [1.29, 1.82) is 0 Å². The molecule has 0 saturated carbocycles. The molecule has 1 heteroatoms. The third-order valence-electron chi connectivity index (χ3n) is 4.34. The predicted molar refractivity (Wildman–Crippen MR) is 95.6 cm³/mol. The summed E-state index contributed by atoms with van der Waals surface area (Å²) < 4.78 is 0. The Morgan fingerprint density at radius 2 is 1.04 bits per heavy atom. The molecule has 3 rings (SSSR count). The second-order valence-electron chi connectivity index (χ2n) is 6.32. The van der Waals surface area contributed by atoms with Crippen LogP contribution in [0, 0.1) is 20.8 Å². The van der Waals surface area contributed by atoms with E-state index in [4.69, 9.17) is 0 Å². The summed E-state index contributed by atoms with van der Waals surface area (Å²) in [5, 5.41) is 11.8. The van der Waals surface area contributed by atoms with Crippen molar-refractivity contribution >= 4 is 0 Å². The van der Waals surface area contributed by atoms with Crippen LogP contribution in [0.25, 0.3) is 0 Å². The van der Waals surface area contributed by atoms with Crippen LogP contribution in [0.2, 0.25) is 0 Å². The van der Waals surface area contributed by atoms with Crippen LogP contribution in [0.5, 0.6) is 0 Å². The van der Waals surface area contributed by atoms with Crippen molar-refractivity contribution in [3.05, 3.63) is 106 Å². The molecule has 0 radical (unpaired) electrons. The molecule has 0 spiro atoms. The van der Waals surface area contributed by atoms with Gasteiger partial charge in [-0.1, -0.05) is 89.5 Å². The highest BCUT2D eigenvalue weighted by molar-refractivity contribution is 5.48. The van der Waals surface area contributed by atoms with Crippen LogP contribution < -0.4 is 0 Å². The lowest BCUT2D eigenvalue weighted by Crippen LogP contribution is -2.29. The molecular formula is C22H22O. The standard InChI is InChI=1S/C22H22O/c1-16-10-12-19(13-11-16)22(23,20-8-4-6-17(2)14-20)21-9-5-7-18(3)15-21/h4-15,23H,1-3H3. The molecule has 116 valence electrons. The molecule has 0 aliphatic heterocycles. The number of rotatable bonds is 3. The summed E-state index contributed by atoms with van der Waals surface area (Å²) in [5.41, 5.74) is 5.00. The maximum atomic E-state index is 11.8. The monoisotopic (exact) mass is 302 g/mol. The van der Waals surface area contributed by atoms with Gasteiger partial charge in [0.15, 0.2) is 0 Å². The zero-order valence-corrected chi connectivity index (χ0v) is 13.9. The molecule has 23 heavy (non-hydrogen) atoms. The van der Waals surface area contributed by atoms with Gasteiger partial charge in [-0.25, -0.2) is 0 Å². The summed E-state index contributed by atoms with van der Waals surface area (Å²) in [6, 6.07) is 24.3. The summed E-state index contributed by atoms with van der Waals surface area (Å²) in [7, 11) is 0. The van der Waals surface area contributed by atoms with Gasteiger partial charge >= 0.3 is 0 Å². The van der Waals surface area contributed by atoms with E-state index in [2.05, 4.69) is 45.0 Å². The first-order valence-corrected chi connectivity index (χ1v) is 7.94. The van der Waals surface area contributed by atoms with Crippen LogP contribution in [0.4, 0.5) is 0 Å². The molecule has 0 saturated heterocycles. The number of aryl methyl sites for hydroxylation is 3. The molecule has 0 atom stereocenters. The highest BCUT2D eigenvalue weighted by Crippen LogP contribution is 2.37. The number of hydrogen-bond acceptors (Lipinski definition) is 1. The molecular weight excluding hydrogens is 280 g/mol. The van der Waals surface area contributed by atoms with E-state index in [1.165, 1.54) is 5.56 Å². The van der Waals surface area contributed by atoms with E-state index >= 15 is 0 Å². The first-order chi connectivity index (χ1) is 11.0. The van der Waals surface area contributed by atoms with Gasteiger partial charge < -0.3 is 5.11 Å². The Hall–Kier alpha value is -2.38. The van der Waals surface area contributed by atoms with E-state index in [1.807, 2.05) is 48.5 Å². The highest BCUT2D eigenvalue weighted by Gasteiger charge is 2.33. The molecule has 0 unspecified atom stereocenters. The predicted octanol–water partition coefficient (Wildman–Crippen LogP) is 4.90. The minimum atomic E-state index is -1.15. The Labute approximate surface area is 138 Å². The van der Waals surface area contributed by atoms with Gasteiger partial charge in [0, 0.05) is 0 Å². The summed E-state index contributed by atoms with van der Waals surface area (Å²) in [4.78, 5) is 0. The molecule has 0 aromatic heterocycles. The Morgan fingerprint density at radius 1 is 0.565 bits per heavy atom. The van der Waals surface area contributed by atoms with E-state index in [1.54, 1.807) is 0 Å². The average Bonchev–Trinajstić information content (AvgIpc) is 2.55. The van der Waals surface area contributed by atoms with E-state index in [0.717, 1.165) is 27.8 Å². The summed E-state index contributed by atoms with van der Waals surface area (Å²) in [6.45, 7) is 6.16. The molecule has 1 N–H and O–H groups in total. The second-order valence-corrected chi connectivity index (χ2v) is 6.32. The zero-order chi connectivity index (χ0) is 16.4. The molecule has 0 fully saturated rings. The van der Waals surface area contributed by atoms with Crippen LogP contribution in [-0.2, 0) is 5.60 Å². The largest absolute Gasteiger partial charge is 0.376 e. The smallest absolute Gasteiger partial charge is 0.140 e. The van der Waals surface area contributed by atoms with Crippen LogP contribution in [0.15, 0.2) is 72.8 Å². The van der Waals surface area contributed by atoms with Crippen molar-refractivity contribution in [1.82, 2.24) is 0 Å². The zero-order valence-electron chi connectivity index (χ0n) is 13.9. The minimum Gasteiger partial charge on any atom is -0.376 e. The average molecular weight is 302 g/mol. The van der Waals surface area contributed by atoms with Gasteiger partial charge in [0.05, 0.1) is 0 Å². The van der Waals surface area contributed by atoms with Gasteiger partial charge in [-0.05, 0) is 37.5 Å². The van der Waals surface area contributed by atoms with Crippen molar-refractivity contribution in [3.8, 4) is 0 Å². The first kappa shape index (κ1) is 15.5. The molecule has 0 aliphatic rings. The van der Waals surface area contributed by atoms with Crippen molar-refractivity contribution in [3.63, 3.8) is 0 Å². The molecule has 3 aromatic carbocycles. The molecule has 1 nitrogen and oxygen atoms in total. The van der Waals surface area contributed by atoms with Crippen molar-refractivity contribution in [2.45, 2.75) is 26.4 Å². The van der Waals surface area contributed by atoms with Gasteiger partial charge in [0.2, 0.25) is 0 Å². The fourth-order valence-corrected chi connectivity index (χ4v) is 3.03. The summed E-state index contributed by atoms with van der Waals surface area (Å²) >= 11 is 0. The van der Waals surface area contributed by atoms with Crippen molar-refractivity contribution < 1.29 is 5.11 Å². The van der Waals surface area contributed by atoms with Gasteiger partial charge in [0.1, 0.15) is 5.60 Å². The maximum Gasteiger partial charge on any atom is 0.140 e. The molecule has 0 amide bonds. The summed E-state index contributed by atoms with van der Waals surface area (Å²) in [5.74, 6) is 0. The van der Waals surface area contributed by atoms with E-state index in [9.17, 15) is 5.11 Å². The third kappa shape index (κ3) is 2.93. The van der Waals surface area contributed by atoms with Crippen LogP contribution in [0.3, 0.4) is 0 Å². The normalized spacial score (nSPS) is 11.5. The number of benzene rings is 3. The van der Waals surface area contributed by atoms with Crippen LogP contribution in [-0.4, -0.2) is 5.11 Å². The Balaban J connectivity index is 2.27. The lowest BCUT2D eigenvalue weighted by molar-refractivity contribution is 0.125. The molecule has 0 aliphatic carbocycles. The van der Waals surface area contributed by atoms with Crippen LogP contribution >= 0.6 is 0 Å². The first-order valence-electron chi connectivity index (χ1n) is 7.94. The Bertz CT molecular complexity index is 770. The molecule has 3 aromatic rings. The molecule has 0 bridgehead atoms. The minimum absolute atomic E-state index is 0.888. The maximum absolute atomic E-state index is 11.8. The van der Waals surface area contributed by atoms with Gasteiger partial charge in [-0.3, -0.25) is 0 Å². The van der Waals surface area contributed by atoms with Gasteiger partial charge in [-0.2, -0.15) is 0 Å². The topological polar surface area (TPSA) is 20.2 Å². The van der Waals surface area contributed by atoms with Crippen molar-refractivity contribution in [2.24, 2.45) is 0 Å². The van der Waals surface area contributed by atoms with E-state index < -0.39 is 5.60 Å². The van der Waals surface area contributed by atoms with E-state index in [0.29, 0.717) is 0 Å². The fourth-order valence-electron chi connectivity index (χ4n) is 3.03. The quantitative estimate of drug-likeness (QED) is 0.683. The van der Waals surface area contributed by atoms with Gasteiger partial charge in [0.25, 0.3) is 0 Å². The Kier molecular flexibility index (Phi) is 4.06. The number of aliphatic hydroxyl groups is 1. The Morgan fingerprint density at radius 3 is 1.48 bits per heavy atom. The van der Waals surface area contributed by atoms with E-state index in [-0.39, 0.29) is 0 Å². The lowest BCUT2D eigenvalue weighted by Gasteiger charge is -2.31. The van der Waals surface area contributed by atoms with Crippen LogP contribution in [0.1, 0.15) is 33.4 Å². The third-order valence-corrected chi connectivity index (χ3v) is 4.34. The van der Waals surface area contributed by atoms with Crippen molar-refractivity contribution in [2.75, 3.05) is 0 Å². The lowest BCUT2D eigenvalue weighted by atomic mass is 9.79. The highest BCUT2D eigenvalue weighted by atomic mass is 16.3.